The van der Waals surface area contributed by atoms with Crippen molar-refractivity contribution in [1.29, 1.82) is 0 Å². The third-order valence-electron chi connectivity index (χ3n) is 3.22. The molecule has 4 heteroatoms. The van der Waals surface area contributed by atoms with Gasteiger partial charge in [0.25, 0.3) is 0 Å². The van der Waals surface area contributed by atoms with Crippen molar-refractivity contribution in [1.82, 2.24) is 0 Å². The number of hydrogen-bond acceptors (Lipinski definition) is 3. The van der Waals surface area contributed by atoms with Crippen LogP contribution in [0.4, 0.5) is 11.4 Å². The summed E-state index contributed by atoms with van der Waals surface area (Å²) in [6.45, 7) is 1.95. The number of rotatable bonds is 3. The first-order valence-corrected chi connectivity index (χ1v) is 8.05. The van der Waals surface area contributed by atoms with Crippen LogP contribution >= 0.6 is 11.8 Å². The van der Waals surface area contributed by atoms with Gasteiger partial charge in [-0.05, 0) is 37.3 Å². The highest BCUT2D eigenvalue weighted by molar-refractivity contribution is 8.04. The Hall–Kier alpha value is -2.33. The maximum atomic E-state index is 12.1. The Labute approximate surface area is 134 Å². The Bertz CT molecular complexity index is 723. The largest absolute Gasteiger partial charge is 0.274 e. The summed E-state index contributed by atoms with van der Waals surface area (Å²) in [5, 5.41) is 0.924. The van der Waals surface area contributed by atoms with Crippen LogP contribution in [-0.4, -0.2) is 17.4 Å². The van der Waals surface area contributed by atoms with Gasteiger partial charge in [-0.2, -0.15) is 0 Å². The molecule has 0 atom stereocenters. The molecule has 0 aromatic heterocycles. The fourth-order valence-electron chi connectivity index (χ4n) is 2.26. The molecule has 0 N–H and O–H groups in total. The fourth-order valence-corrected chi connectivity index (χ4v) is 3.25. The van der Waals surface area contributed by atoms with Crippen molar-refractivity contribution < 1.29 is 4.79 Å². The predicted molar refractivity (Wildman–Crippen MR) is 93.7 cm³/mol. The van der Waals surface area contributed by atoms with Crippen molar-refractivity contribution in [2.45, 2.75) is 6.92 Å². The summed E-state index contributed by atoms with van der Waals surface area (Å²) in [7, 11) is 0. The number of allylic oxidation sites excluding steroid dienone is 1. The molecule has 1 saturated heterocycles. The van der Waals surface area contributed by atoms with Crippen molar-refractivity contribution >= 4 is 34.8 Å². The van der Waals surface area contributed by atoms with Gasteiger partial charge in [0.05, 0.1) is 16.5 Å². The van der Waals surface area contributed by atoms with Crippen molar-refractivity contribution in [2.24, 2.45) is 4.99 Å². The van der Waals surface area contributed by atoms with E-state index in [2.05, 4.69) is 4.99 Å². The second kappa shape index (κ2) is 6.62. The molecule has 1 aliphatic heterocycles. The molecule has 0 bridgehead atoms. The van der Waals surface area contributed by atoms with E-state index in [1.54, 1.807) is 16.7 Å². The molecule has 3 nitrogen and oxygen atoms in total. The zero-order valence-electron chi connectivity index (χ0n) is 12.3. The Balaban J connectivity index is 1.89. The zero-order chi connectivity index (χ0) is 15.4. The van der Waals surface area contributed by atoms with Crippen LogP contribution < -0.4 is 4.90 Å². The standard InChI is InChI=1S/C18H16N2OS/c1-14(19-15-8-4-2-5-9-15)12-18-20(17(21)13-22-18)16-10-6-3-7-11-16/h2-12H,13H2,1H3/b18-12-,19-14?. The number of aliphatic imine (C=N–C) groups is 1. The summed E-state index contributed by atoms with van der Waals surface area (Å²) in [5.41, 5.74) is 2.69. The summed E-state index contributed by atoms with van der Waals surface area (Å²) in [4.78, 5) is 18.5. The summed E-state index contributed by atoms with van der Waals surface area (Å²) in [6.07, 6.45) is 1.97. The van der Waals surface area contributed by atoms with E-state index in [-0.39, 0.29) is 5.91 Å². The molecule has 0 radical (unpaired) electrons. The van der Waals surface area contributed by atoms with Crippen LogP contribution in [0.3, 0.4) is 0 Å². The molecule has 1 amide bonds. The molecule has 1 aliphatic rings. The summed E-state index contributed by atoms with van der Waals surface area (Å²) in [6, 6.07) is 19.5. The third kappa shape index (κ3) is 3.28. The van der Waals surface area contributed by atoms with Crippen LogP contribution in [0.1, 0.15) is 6.92 Å². The fraction of sp³-hybridized carbons (Fsp3) is 0.111. The maximum absolute atomic E-state index is 12.1. The highest BCUT2D eigenvalue weighted by Gasteiger charge is 2.27. The number of anilines is 1. The van der Waals surface area contributed by atoms with Crippen molar-refractivity contribution in [2.75, 3.05) is 10.7 Å². The number of para-hydroxylation sites is 2. The van der Waals surface area contributed by atoms with Crippen molar-refractivity contribution in [3.63, 3.8) is 0 Å². The number of hydrogen-bond donors (Lipinski definition) is 0. The summed E-state index contributed by atoms with van der Waals surface area (Å²) < 4.78 is 0. The Morgan fingerprint density at radius 2 is 1.73 bits per heavy atom. The lowest BCUT2D eigenvalue weighted by atomic mass is 10.3. The smallest absolute Gasteiger partial charge is 0.242 e. The third-order valence-corrected chi connectivity index (χ3v) is 4.21. The van der Waals surface area contributed by atoms with Crippen molar-refractivity contribution in [3.05, 3.63) is 71.8 Å². The molecule has 2 aromatic carbocycles. The number of benzene rings is 2. The monoisotopic (exact) mass is 308 g/mol. The van der Waals surface area contributed by atoms with E-state index in [4.69, 9.17) is 0 Å². The lowest BCUT2D eigenvalue weighted by Gasteiger charge is -2.17. The van der Waals surface area contributed by atoms with Crippen molar-refractivity contribution in [3.8, 4) is 0 Å². The molecule has 3 rings (SSSR count). The first-order valence-electron chi connectivity index (χ1n) is 7.07. The molecule has 0 aliphatic carbocycles. The minimum Gasteiger partial charge on any atom is -0.274 e. The predicted octanol–water partition coefficient (Wildman–Crippen LogP) is 4.40. The van der Waals surface area contributed by atoms with Crippen LogP contribution in [0.2, 0.25) is 0 Å². The first-order chi connectivity index (χ1) is 10.7. The molecule has 0 saturated carbocycles. The van der Waals surface area contributed by atoms with E-state index in [9.17, 15) is 4.79 Å². The molecule has 1 fully saturated rings. The molecule has 22 heavy (non-hydrogen) atoms. The van der Waals surface area contributed by atoms with Crippen LogP contribution in [0.5, 0.6) is 0 Å². The minimum absolute atomic E-state index is 0.106. The second-order valence-corrected chi connectivity index (χ2v) is 5.92. The Morgan fingerprint density at radius 3 is 2.41 bits per heavy atom. The van der Waals surface area contributed by atoms with Gasteiger partial charge in [0.15, 0.2) is 0 Å². The summed E-state index contributed by atoms with van der Waals surface area (Å²) >= 11 is 1.55. The lowest BCUT2D eigenvalue weighted by Crippen LogP contribution is -2.23. The number of thioether (sulfide) groups is 1. The van der Waals surface area contributed by atoms with E-state index in [1.807, 2.05) is 73.7 Å². The topological polar surface area (TPSA) is 32.7 Å². The second-order valence-electron chi connectivity index (χ2n) is 4.92. The number of carbonyl (C=O) groups is 1. The molecule has 110 valence electrons. The van der Waals surface area contributed by atoms with Gasteiger partial charge in [0.1, 0.15) is 0 Å². The van der Waals surface area contributed by atoms with E-state index >= 15 is 0 Å². The van der Waals surface area contributed by atoms with Crippen LogP contribution in [0.15, 0.2) is 76.8 Å². The maximum Gasteiger partial charge on any atom is 0.242 e. The molecular formula is C18H16N2OS. The quantitative estimate of drug-likeness (QED) is 0.787. The highest BCUT2D eigenvalue weighted by atomic mass is 32.2. The van der Waals surface area contributed by atoms with Gasteiger partial charge in [0.2, 0.25) is 5.91 Å². The Kier molecular flexibility index (Phi) is 4.39. The first kappa shape index (κ1) is 14.6. The van der Waals surface area contributed by atoms with Crippen LogP contribution in [-0.2, 0) is 4.79 Å². The van der Waals surface area contributed by atoms with E-state index in [0.717, 1.165) is 22.1 Å². The molecule has 2 aromatic rings. The zero-order valence-corrected chi connectivity index (χ0v) is 13.1. The molecular weight excluding hydrogens is 292 g/mol. The van der Waals surface area contributed by atoms with Gasteiger partial charge in [-0.25, -0.2) is 0 Å². The van der Waals surface area contributed by atoms with Crippen LogP contribution in [0, 0.1) is 0 Å². The minimum atomic E-state index is 0.106. The van der Waals surface area contributed by atoms with E-state index in [1.165, 1.54) is 0 Å². The van der Waals surface area contributed by atoms with Gasteiger partial charge in [-0.15, -0.1) is 0 Å². The average Bonchev–Trinajstić information content (AvgIpc) is 2.89. The molecule has 0 unspecified atom stereocenters. The van der Waals surface area contributed by atoms with Crippen LogP contribution in [0.25, 0.3) is 0 Å². The number of carbonyl (C=O) groups excluding carboxylic acids is 1. The highest BCUT2D eigenvalue weighted by Crippen LogP contribution is 2.33. The molecule has 0 spiro atoms. The average molecular weight is 308 g/mol. The molecule has 1 heterocycles. The number of nitrogens with zero attached hydrogens (tertiary/aromatic N) is 2. The van der Waals surface area contributed by atoms with Gasteiger partial charge < -0.3 is 0 Å². The van der Waals surface area contributed by atoms with Gasteiger partial charge in [-0.1, -0.05) is 48.2 Å². The SMILES string of the molecule is CC(/C=C1\SCC(=O)N1c1ccccc1)=Nc1ccccc1. The Morgan fingerprint density at radius 1 is 1.09 bits per heavy atom. The van der Waals surface area contributed by atoms with E-state index < -0.39 is 0 Å². The summed E-state index contributed by atoms with van der Waals surface area (Å²) in [5.74, 6) is 0.578. The number of amides is 1. The lowest BCUT2D eigenvalue weighted by molar-refractivity contribution is -0.115. The van der Waals surface area contributed by atoms with Gasteiger partial charge >= 0.3 is 0 Å². The normalized spacial score (nSPS) is 17.3. The van der Waals surface area contributed by atoms with E-state index in [0.29, 0.717) is 5.75 Å². The van der Waals surface area contributed by atoms with Gasteiger partial charge in [0, 0.05) is 11.4 Å². The van der Waals surface area contributed by atoms with Gasteiger partial charge in [-0.3, -0.25) is 14.7 Å².